The van der Waals surface area contributed by atoms with Gasteiger partial charge in [-0.05, 0) is 36.3 Å². The number of carboxylic acid groups (broad SMARTS) is 1. The predicted molar refractivity (Wildman–Crippen MR) is 60.3 cm³/mol. The SMILES string of the molecule is Cc1cc(Br)cc(/C=C/C(=O)O)c1C#N. The lowest BCUT2D eigenvalue weighted by Gasteiger charge is -2.02. The molecule has 0 radical (unpaired) electrons. The summed E-state index contributed by atoms with van der Waals surface area (Å²) in [7, 11) is 0. The maximum absolute atomic E-state index is 10.4. The Morgan fingerprint density at radius 1 is 1.60 bits per heavy atom. The smallest absolute Gasteiger partial charge is 0.328 e. The molecule has 0 fully saturated rings. The number of hydrogen-bond donors (Lipinski definition) is 1. The third-order valence-electron chi connectivity index (χ3n) is 1.85. The van der Waals surface area contributed by atoms with Crippen LogP contribution in [0.15, 0.2) is 22.7 Å². The number of aryl methyl sites for hydroxylation is 1. The van der Waals surface area contributed by atoms with E-state index in [9.17, 15) is 4.79 Å². The van der Waals surface area contributed by atoms with Crippen LogP contribution in [-0.2, 0) is 4.79 Å². The van der Waals surface area contributed by atoms with E-state index in [0.717, 1.165) is 16.1 Å². The first-order valence-electron chi connectivity index (χ1n) is 4.16. The van der Waals surface area contributed by atoms with Gasteiger partial charge in [0.15, 0.2) is 0 Å². The number of carboxylic acids is 1. The molecule has 15 heavy (non-hydrogen) atoms. The molecule has 0 aliphatic carbocycles. The van der Waals surface area contributed by atoms with Crippen molar-refractivity contribution < 1.29 is 9.90 Å². The van der Waals surface area contributed by atoms with Gasteiger partial charge < -0.3 is 5.11 Å². The molecule has 0 aromatic heterocycles. The zero-order chi connectivity index (χ0) is 11.4. The molecule has 4 heteroatoms. The second-order valence-corrected chi connectivity index (χ2v) is 3.89. The van der Waals surface area contributed by atoms with Gasteiger partial charge in [0.05, 0.1) is 5.56 Å². The lowest BCUT2D eigenvalue weighted by atomic mass is 10.0. The molecule has 0 aliphatic rings. The van der Waals surface area contributed by atoms with Crippen molar-refractivity contribution >= 4 is 28.0 Å². The monoisotopic (exact) mass is 265 g/mol. The molecule has 76 valence electrons. The molecular weight excluding hydrogens is 258 g/mol. The van der Waals surface area contributed by atoms with E-state index in [1.54, 1.807) is 13.0 Å². The van der Waals surface area contributed by atoms with Crippen molar-refractivity contribution in [1.82, 2.24) is 0 Å². The van der Waals surface area contributed by atoms with Gasteiger partial charge in [0.1, 0.15) is 6.07 Å². The number of aliphatic carboxylic acids is 1. The van der Waals surface area contributed by atoms with Crippen LogP contribution in [0.1, 0.15) is 16.7 Å². The van der Waals surface area contributed by atoms with Crippen molar-refractivity contribution in [1.29, 1.82) is 5.26 Å². The number of rotatable bonds is 2. The molecular formula is C11H8BrNO2. The normalized spacial score (nSPS) is 10.2. The van der Waals surface area contributed by atoms with Crippen LogP contribution in [0.2, 0.25) is 0 Å². The van der Waals surface area contributed by atoms with Crippen molar-refractivity contribution in [3.8, 4) is 6.07 Å². The van der Waals surface area contributed by atoms with Crippen LogP contribution < -0.4 is 0 Å². The Kier molecular flexibility index (Phi) is 3.64. The number of hydrogen-bond acceptors (Lipinski definition) is 2. The molecule has 0 saturated carbocycles. The number of benzene rings is 1. The highest BCUT2D eigenvalue weighted by molar-refractivity contribution is 9.10. The Bertz CT molecular complexity index is 472. The van der Waals surface area contributed by atoms with Crippen LogP contribution in [0.3, 0.4) is 0 Å². The van der Waals surface area contributed by atoms with E-state index in [2.05, 4.69) is 15.9 Å². The first-order valence-corrected chi connectivity index (χ1v) is 4.95. The largest absolute Gasteiger partial charge is 0.478 e. The maximum atomic E-state index is 10.4. The highest BCUT2D eigenvalue weighted by atomic mass is 79.9. The fourth-order valence-corrected chi connectivity index (χ4v) is 1.80. The summed E-state index contributed by atoms with van der Waals surface area (Å²) >= 11 is 3.29. The van der Waals surface area contributed by atoms with Crippen molar-refractivity contribution in [2.75, 3.05) is 0 Å². The van der Waals surface area contributed by atoms with Crippen LogP contribution in [0, 0.1) is 18.3 Å². The summed E-state index contributed by atoms with van der Waals surface area (Å²) in [5, 5.41) is 17.4. The lowest BCUT2D eigenvalue weighted by Crippen LogP contribution is -1.90. The average molecular weight is 266 g/mol. The van der Waals surface area contributed by atoms with E-state index in [1.165, 1.54) is 6.08 Å². The fraction of sp³-hybridized carbons (Fsp3) is 0.0909. The molecule has 0 aliphatic heterocycles. The van der Waals surface area contributed by atoms with Gasteiger partial charge in [-0.1, -0.05) is 15.9 Å². The van der Waals surface area contributed by atoms with Crippen LogP contribution >= 0.6 is 15.9 Å². The molecule has 1 aromatic carbocycles. The summed E-state index contributed by atoms with van der Waals surface area (Å²) < 4.78 is 0.823. The van der Waals surface area contributed by atoms with Gasteiger partial charge in [0.2, 0.25) is 0 Å². The fourth-order valence-electron chi connectivity index (χ4n) is 1.21. The summed E-state index contributed by atoms with van der Waals surface area (Å²) in [4.78, 5) is 10.4. The van der Waals surface area contributed by atoms with E-state index in [-0.39, 0.29) is 0 Å². The minimum Gasteiger partial charge on any atom is -0.478 e. The Morgan fingerprint density at radius 3 is 2.80 bits per heavy atom. The Morgan fingerprint density at radius 2 is 2.27 bits per heavy atom. The molecule has 0 unspecified atom stereocenters. The number of nitriles is 1. The molecule has 0 atom stereocenters. The Labute approximate surface area is 95.8 Å². The second kappa shape index (κ2) is 4.76. The summed E-state index contributed by atoms with van der Waals surface area (Å²) in [5.41, 5.74) is 1.92. The van der Waals surface area contributed by atoms with Crippen molar-refractivity contribution in [2.24, 2.45) is 0 Å². The highest BCUT2D eigenvalue weighted by Crippen LogP contribution is 2.21. The molecule has 1 N–H and O–H groups in total. The van der Waals surface area contributed by atoms with Crippen molar-refractivity contribution in [3.05, 3.63) is 39.4 Å². The summed E-state index contributed by atoms with van der Waals surface area (Å²) in [6.07, 6.45) is 2.43. The van der Waals surface area contributed by atoms with E-state index in [0.29, 0.717) is 11.1 Å². The predicted octanol–water partition coefficient (Wildman–Crippen LogP) is 2.73. The first kappa shape index (κ1) is 11.5. The molecule has 0 heterocycles. The minimum absolute atomic E-state index is 0.496. The lowest BCUT2D eigenvalue weighted by molar-refractivity contribution is -0.131. The van der Waals surface area contributed by atoms with Crippen LogP contribution in [0.4, 0.5) is 0 Å². The molecule has 0 spiro atoms. The van der Waals surface area contributed by atoms with Gasteiger partial charge >= 0.3 is 5.97 Å². The number of carbonyl (C=O) groups is 1. The van der Waals surface area contributed by atoms with E-state index in [1.807, 2.05) is 12.1 Å². The maximum Gasteiger partial charge on any atom is 0.328 e. The molecule has 3 nitrogen and oxygen atoms in total. The third-order valence-corrected chi connectivity index (χ3v) is 2.31. The topological polar surface area (TPSA) is 61.1 Å². The summed E-state index contributed by atoms with van der Waals surface area (Å²) in [6, 6.07) is 5.58. The quantitative estimate of drug-likeness (QED) is 0.837. The molecule has 1 aromatic rings. The van der Waals surface area contributed by atoms with Gasteiger partial charge in [-0.25, -0.2) is 4.79 Å². The molecule has 0 saturated heterocycles. The second-order valence-electron chi connectivity index (χ2n) is 2.97. The summed E-state index contributed by atoms with van der Waals surface area (Å²) in [5.74, 6) is -1.03. The standard InChI is InChI=1S/C11H8BrNO2/c1-7-4-9(12)5-8(10(7)6-13)2-3-11(14)15/h2-5H,1H3,(H,14,15)/b3-2+. The highest BCUT2D eigenvalue weighted by Gasteiger charge is 2.04. The van der Waals surface area contributed by atoms with Crippen molar-refractivity contribution in [3.63, 3.8) is 0 Å². The van der Waals surface area contributed by atoms with Crippen LogP contribution in [-0.4, -0.2) is 11.1 Å². The van der Waals surface area contributed by atoms with Crippen LogP contribution in [0.25, 0.3) is 6.08 Å². The Hall–Kier alpha value is -1.60. The molecule has 1 rings (SSSR count). The third kappa shape index (κ3) is 2.93. The summed E-state index contributed by atoms with van der Waals surface area (Å²) in [6.45, 7) is 1.81. The zero-order valence-corrected chi connectivity index (χ0v) is 9.58. The molecule has 0 amide bonds. The van der Waals surface area contributed by atoms with Gasteiger partial charge in [-0.2, -0.15) is 5.26 Å². The van der Waals surface area contributed by atoms with E-state index >= 15 is 0 Å². The number of nitrogens with zero attached hydrogens (tertiary/aromatic N) is 1. The first-order chi connectivity index (χ1) is 7.04. The van der Waals surface area contributed by atoms with E-state index in [4.69, 9.17) is 10.4 Å². The van der Waals surface area contributed by atoms with Gasteiger partial charge in [0.25, 0.3) is 0 Å². The minimum atomic E-state index is -1.03. The van der Waals surface area contributed by atoms with Gasteiger partial charge in [-0.15, -0.1) is 0 Å². The van der Waals surface area contributed by atoms with Gasteiger partial charge in [-0.3, -0.25) is 0 Å². The van der Waals surface area contributed by atoms with E-state index < -0.39 is 5.97 Å². The number of halogens is 1. The molecule has 0 bridgehead atoms. The van der Waals surface area contributed by atoms with Gasteiger partial charge in [0, 0.05) is 10.5 Å². The van der Waals surface area contributed by atoms with Crippen LogP contribution in [0.5, 0.6) is 0 Å². The average Bonchev–Trinajstić information content (AvgIpc) is 2.13. The Balaban J connectivity index is 3.28. The zero-order valence-electron chi connectivity index (χ0n) is 7.99. The van der Waals surface area contributed by atoms with Crippen molar-refractivity contribution in [2.45, 2.75) is 6.92 Å².